The van der Waals surface area contributed by atoms with Gasteiger partial charge in [-0.3, -0.25) is 9.59 Å². The Morgan fingerprint density at radius 2 is 1.89 bits per heavy atom. The molecule has 1 aliphatic rings. The highest BCUT2D eigenvalue weighted by atomic mass is 32.2. The first-order valence-corrected chi connectivity index (χ1v) is 12.0. The van der Waals surface area contributed by atoms with E-state index in [1.807, 2.05) is 19.1 Å². The smallest absolute Gasteiger partial charge is 0.302 e. The highest BCUT2D eigenvalue weighted by Gasteiger charge is 2.30. The molecule has 1 aromatic heterocycles. The van der Waals surface area contributed by atoms with Crippen LogP contribution in [0.5, 0.6) is 11.5 Å². The SMILES string of the molecule is CCC1SC(=O)N(Cc2ccc(NC(=O)c3ncccn3)cc2)N=C1c1ccc(OCF)c(OC)c1. The first kappa shape index (κ1) is 25.1. The van der Waals surface area contributed by atoms with Gasteiger partial charge in [-0.1, -0.05) is 30.8 Å². The van der Waals surface area contributed by atoms with Crippen LogP contribution in [0.1, 0.15) is 35.1 Å². The third-order valence-corrected chi connectivity index (χ3v) is 6.59. The minimum Gasteiger partial charge on any atom is -0.493 e. The molecule has 0 saturated heterocycles. The lowest BCUT2D eigenvalue weighted by Gasteiger charge is -2.28. The number of hydrogen-bond acceptors (Lipinski definition) is 8. The largest absolute Gasteiger partial charge is 0.493 e. The van der Waals surface area contributed by atoms with Crippen LogP contribution in [0.25, 0.3) is 0 Å². The summed E-state index contributed by atoms with van der Waals surface area (Å²) < 4.78 is 23.0. The van der Waals surface area contributed by atoms with Crippen molar-refractivity contribution in [2.24, 2.45) is 5.10 Å². The third-order valence-electron chi connectivity index (χ3n) is 5.34. The number of methoxy groups -OCH3 is 1. The van der Waals surface area contributed by atoms with E-state index in [4.69, 9.17) is 9.47 Å². The van der Waals surface area contributed by atoms with Crippen LogP contribution in [0.3, 0.4) is 0 Å². The summed E-state index contributed by atoms with van der Waals surface area (Å²) in [6.45, 7) is 1.28. The number of aromatic nitrogens is 2. The molecule has 36 heavy (non-hydrogen) atoms. The van der Waals surface area contributed by atoms with Gasteiger partial charge in [0.05, 0.1) is 24.6 Å². The average Bonchev–Trinajstić information content (AvgIpc) is 2.91. The van der Waals surface area contributed by atoms with Gasteiger partial charge < -0.3 is 14.8 Å². The summed E-state index contributed by atoms with van der Waals surface area (Å²) in [6, 6.07) is 13.9. The maximum Gasteiger partial charge on any atom is 0.302 e. The van der Waals surface area contributed by atoms with E-state index in [-0.39, 0.29) is 22.9 Å². The van der Waals surface area contributed by atoms with Gasteiger partial charge in [-0.2, -0.15) is 5.10 Å². The van der Waals surface area contributed by atoms with Crippen LogP contribution in [0.2, 0.25) is 0 Å². The van der Waals surface area contributed by atoms with E-state index in [0.717, 1.165) is 16.8 Å². The van der Waals surface area contributed by atoms with E-state index < -0.39 is 12.8 Å². The Hall–Kier alpha value is -3.99. The van der Waals surface area contributed by atoms with Crippen molar-refractivity contribution in [1.29, 1.82) is 0 Å². The molecule has 4 rings (SSSR count). The normalized spacial score (nSPS) is 15.3. The second-order valence-electron chi connectivity index (χ2n) is 7.67. The van der Waals surface area contributed by atoms with Gasteiger partial charge in [0.2, 0.25) is 12.7 Å². The molecule has 1 aliphatic heterocycles. The monoisotopic (exact) mass is 509 g/mol. The number of thioether (sulfide) groups is 1. The van der Waals surface area contributed by atoms with E-state index in [1.165, 1.54) is 36.3 Å². The van der Waals surface area contributed by atoms with E-state index in [2.05, 4.69) is 20.4 Å². The van der Waals surface area contributed by atoms with Gasteiger partial charge in [0.1, 0.15) is 0 Å². The van der Waals surface area contributed by atoms with Crippen LogP contribution in [0.15, 0.2) is 66.0 Å². The molecule has 2 amide bonds. The molecule has 3 aromatic rings. The Labute approximate surface area is 211 Å². The topological polar surface area (TPSA) is 106 Å². The average molecular weight is 510 g/mol. The minimum absolute atomic E-state index is 0.0748. The first-order chi connectivity index (χ1) is 17.5. The van der Waals surface area contributed by atoms with Gasteiger partial charge in [0, 0.05) is 23.6 Å². The summed E-state index contributed by atoms with van der Waals surface area (Å²) in [4.78, 5) is 32.9. The number of carbonyl (C=O) groups is 2. The third kappa shape index (κ3) is 5.80. The summed E-state index contributed by atoms with van der Waals surface area (Å²) in [5, 5.41) is 8.53. The van der Waals surface area contributed by atoms with E-state index in [0.29, 0.717) is 23.6 Å². The second-order valence-corrected chi connectivity index (χ2v) is 8.82. The minimum atomic E-state index is -0.963. The lowest BCUT2D eigenvalue weighted by molar-refractivity contribution is 0.101. The summed E-state index contributed by atoms with van der Waals surface area (Å²) >= 11 is 1.21. The number of anilines is 1. The highest BCUT2D eigenvalue weighted by molar-refractivity contribution is 8.14. The molecule has 0 spiro atoms. The Kier molecular flexibility index (Phi) is 8.11. The van der Waals surface area contributed by atoms with Crippen molar-refractivity contribution in [3.63, 3.8) is 0 Å². The Morgan fingerprint density at radius 3 is 2.56 bits per heavy atom. The van der Waals surface area contributed by atoms with Crippen LogP contribution in [0.4, 0.5) is 14.9 Å². The van der Waals surface area contributed by atoms with Crippen LogP contribution in [-0.2, 0) is 6.54 Å². The van der Waals surface area contributed by atoms with Crippen molar-refractivity contribution in [3.8, 4) is 11.5 Å². The molecule has 2 aromatic carbocycles. The fourth-order valence-electron chi connectivity index (χ4n) is 3.57. The number of rotatable bonds is 9. The lowest BCUT2D eigenvalue weighted by atomic mass is 10.0. The molecule has 1 N–H and O–H groups in total. The van der Waals surface area contributed by atoms with Gasteiger partial charge >= 0.3 is 5.24 Å². The maximum absolute atomic E-state index is 12.8. The molecule has 11 heteroatoms. The molecule has 1 atom stereocenters. The predicted molar refractivity (Wildman–Crippen MR) is 135 cm³/mol. The Morgan fingerprint density at radius 1 is 1.14 bits per heavy atom. The fraction of sp³-hybridized carbons (Fsp3) is 0.240. The van der Waals surface area contributed by atoms with Crippen LogP contribution < -0.4 is 14.8 Å². The number of nitrogens with zero attached hydrogens (tertiary/aromatic N) is 4. The number of hydrogen-bond donors (Lipinski definition) is 1. The molecule has 2 heterocycles. The molecule has 0 bridgehead atoms. The van der Waals surface area contributed by atoms with Gasteiger partial charge in [-0.05, 0) is 48.4 Å². The number of hydrazone groups is 1. The zero-order chi connectivity index (χ0) is 25.5. The van der Waals surface area contributed by atoms with Crippen LogP contribution in [0, 0.1) is 0 Å². The van der Waals surface area contributed by atoms with Crippen LogP contribution in [-0.4, -0.2) is 51.1 Å². The molecular formula is C25H24FN5O4S. The van der Waals surface area contributed by atoms with Crippen molar-refractivity contribution < 1.29 is 23.5 Å². The van der Waals surface area contributed by atoms with Crippen molar-refractivity contribution >= 4 is 34.3 Å². The summed E-state index contributed by atoms with van der Waals surface area (Å²) in [5.74, 6) is 0.337. The number of amides is 2. The highest BCUT2D eigenvalue weighted by Crippen LogP contribution is 2.34. The summed E-state index contributed by atoms with van der Waals surface area (Å²) in [7, 11) is 1.48. The Balaban J connectivity index is 1.52. The molecule has 186 valence electrons. The molecule has 0 aliphatic carbocycles. The quantitative estimate of drug-likeness (QED) is 0.438. The zero-order valence-electron chi connectivity index (χ0n) is 19.7. The van der Waals surface area contributed by atoms with Crippen LogP contribution >= 0.6 is 11.8 Å². The van der Waals surface area contributed by atoms with Crippen molar-refractivity contribution in [3.05, 3.63) is 77.9 Å². The number of nitrogens with one attached hydrogen (secondary N) is 1. The molecule has 1 unspecified atom stereocenters. The van der Waals surface area contributed by atoms with Crippen molar-refractivity contribution in [1.82, 2.24) is 15.0 Å². The van der Waals surface area contributed by atoms with Gasteiger partial charge in [0.15, 0.2) is 11.5 Å². The van der Waals surface area contributed by atoms with E-state index in [9.17, 15) is 14.0 Å². The van der Waals surface area contributed by atoms with Gasteiger partial charge in [0.25, 0.3) is 5.91 Å². The zero-order valence-corrected chi connectivity index (χ0v) is 20.5. The van der Waals surface area contributed by atoms with Gasteiger partial charge in [-0.15, -0.1) is 0 Å². The standard InChI is InChI=1S/C25H24FN5O4S/c1-3-21-22(17-7-10-19(35-15-26)20(13-17)34-2)30-31(25(33)36-21)14-16-5-8-18(9-6-16)29-24(32)23-27-11-4-12-28-23/h4-13,21H,3,14-15H2,1-2H3,(H,29,32). The molecular weight excluding hydrogens is 485 g/mol. The number of halogens is 1. The van der Waals surface area contributed by atoms with Gasteiger partial charge in [-0.25, -0.2) is 19.4 Å². The van der Waals surface area contributed by atoms with E-state index >= 15 is 0 Å². The fourth-order valence-corrected chi connectivity index (χ4v) is 4.50. The second kappa shape index (κ2) is 11.6. The first-order valence-electron chi connectivity index (χ1n) is 11.1. The lowest BCUT2D eigenvalue weighted by Crippen LogP contribution is -2.34. The van der Waals surface area contributed by atoms with E-state index in [1.54, 1.807) is 36.4 Å². The summed E-state index contributed by atoms with van der Waals surface area (Å²) in [6.07, 6.45) is 3.70. The molecule has 9 nitrogen and oxygen atoms in total. The summed E-state index contributed by atoms with van der Waals surface area (Å²) in [5.41, 5.74) is 2.89. The molecule has 0 fully saturated rings. The van der Waals surface area contributed by atoms with Crippen molar-refractivity contribution in [2.75, 3.05) is 19.3 Å². The van der Waals surface area contributed by atoms with Crippen molar-refractivity contribution in [2.45, 2.75) is 25.1 Å². The number of alkyl halides is 1. The molecule has 0 saturated carbocycles. The predicted octanol–water partition coefficient (Wildman–Crippen LogP) is 4.90. The number of benzene rings is 2. The Bertz CT molecular complexity index is 1260. The number of ether oxygens (including phenoxy) is 2. The molecule has 0 radical (unpaired) electrons. The maximum atomic E-state index is 12.8. The number of carbonyl (C=O) groups excluding carboxylic acids is 2.